The zero-order valence-corrected chi connectivity index (χ0v) is 7.97. The predicted molar refractivity (Wildman–Crippen MR) is 52.8 cm³/mol. The highest BCUT2D eigenvalue weighted by Crippen LogP contribution is 2.09. The van der Waals surface area contributed by atoms with E-state index in [1.54, 1.807) is 11.6 Å². The van der Waals surface area contributed by atoms with Crippen LogP contribution in [-0.4, -0.2) is 20.8 Å². The lowest BCUT2D eigenvalue weighted by molar-refractivity contribution is -0.117. The second-order valence-electron chi connectivity index (χ2n) is 3.25. The summed E-state index contributed by atoms with van der Waals surface area (Å²) in [4.78, 5) is 10.8. The third-order valence-corrected chi connectivity index (χ3v) is 2.10. The smallest absolute Gasteiger partial charge is 0.131 e. The number of para-hydroxylation sites is 1. The van der Waals surface area contributed by atoms with Crippen molar-refractivity contribution in [3.05, 3.63) is 24.3 Å². The van der Waals surface area contributed by atoms with Crippen molar-refractivity contribution in [2.75, 3.05) is 0 Å². The lowest BCUT2D eigenvalue weighted by Crippen LogP contribution is -2.04. The monoisotopic (exact) mass is 189 g/mol. The van der Waals surface area contributed by atoms with E-state index in [4.69, 9.17) is 0 Å². The minimum absolute atomic E-state index is 0.171. The Labute approximate surface area is 81.5 Å². The van der Waals surface area contributed by atoms with Crippen LogP contribution >= 0.6 is 0 Å². The van der Waals surface area contributed by atoms with Gasteiger partial charge < -0.3 is 0 Å². The number of Topliss-reactive ketones (excluding diaryl/α,β-unsaturated/α-hetero) is 1. The minimum atomic E-state index is 0.171. The molecule has 0 saturated carbocycles. The molecule has 0 saturated heterocycles. The summed E-state index contributed by atoms with van der Waals surface area (Å²) in [7, 11) is 0. The number of rotatable bonds is 3. The van der Waals surface area contributed by atoms with Gasteiger partial charge >= 0.3 is 0 Å². The van der Waals surface area contributed by atoms with Gasteiger partial charge in [0.2, 0.25) is 0 Å². The number of hydrogen-bond donors (Lipinski definition) is 0. The second kappa shape index (κ2) is 3.57. The van der Waals surface area contributed by atoms with E-state index >= 15 is 0 Å². The third kappa shape index (κ3) is 1.64. The van der Waals surface area contributed by atoms with E-state index in [0.29, 0.717) is 13.0 Å². The highest BCUT2D eigenvalue weighted by Gasteiger charge is 2.03. The van der Waals surface area contributed by atoms with E-state index in [0.717, 1.165) is 11.0 Å². The molecule has 0 spiro atoms. The van der Waals surface area contributed by atoms with Crippen LogP contribution in [0.1, 0.15) is 13.3 Å². The first-order chi connectivity index (χ1) is 6.77. The molecule has 0 aliphatic rings. The first-order valence-corrected chi connectivity index (χ1v) is 4.55. The van der Waals surface area contributed by atoms with Crippen molar-refractivity contribution in [3.8, 4) is 0 Å². The molecule has 1 aromatic heterocycles. The summed E-state index contributed by atoms with van der Waals surface area (Å²) >= 11 is 0. The molecule has 72 valence electrons. The largest absolute Gasteiger partial charge is 0.300 e. The van der Waals surface area contributed by atoms with E-state index in [1.165, 1.54) is 0 Å². The van der Waals surface area contributed by atoms with E-state index in [9.17, 15) is 4.79 Å². The topological polar surface area (TPSA) is 47.8 Å². The van der Waals surface area contributed by atoms with Gasteiger partial charge in [-0.1, -0.05) is 17.3 Å². The number of aryl methyl sites for hydroxylation is 1. The summed E-state index contributed by atoms with van der Waals surface area (Å²) in [6.45, 7) is 2.19. The quantitative estimate of drug-likeness (QED) is 0.733. The SMILES string of the molecule is CC(=O)CCn1nnc2ccccc21. The van der Waals surface area contributed by atoms with Gasteiger partial charge in [0, 0.05) is 6.42 Å². The maximum Gasteiger partial charge on any atom is 0.131 e. The minimum Gasteiger partial charge on any atom is -0.300 e. The van der Waals surface area contributed by atoms with Crippen molar-refractivity contribution in [2.24, 2.45) is 0 Å². The first kappa shape index (κ1) is 8.87. The molecule has 0 fully saturated rings. The fraction of sp³-hybridized carbons (Fsp3) is 0.300. The number of fused-ring (bicyclic) bond motifs is 1. The zero-order chi connectivity index (χ0) is 9.97. The van der Waals surface area contributed by atoms with Crippen LogP contribution in [-0.2, 0) is 11.3 Å². The van der Waals surface area contributed by atoms with Gasteiger partial charge in [-0.05, 0) is 19.1 Å². The third-order valence-electron chi connectivity index (χ3n) is 2.10. The maximum atomic E-state index is 10.8. The molecule has 1 heterocycles. The normalized spacial score (nSPS) is 10.6. The van der Waals surface area contributed by atoms with Crippen LogP contribution in [0.5, 0.6) is 0 Å². The second-order valence-corrected chi connectivity index (χ2v) is 3.25. The van der Waals surface area contributed by atoms with Crippen molar-refractivity contribution >= 4 is 16.8 Å². The Morgan fingerprint density at radius 3 is 3.00 bits per heavy atom. The molecular weight excluding hydrogens is 178 g/mol. The Morgan fingerprint density at radius 1 is 1.43 bits per heavy atom. The van der Waals surface area contributed by atoms with Gasteiger partial charge in [0.25, 0.3) is 0 Å². The van der Waals surface area contributed by atoms with Crippen molar-refractivity contribution in [1.29, 1.82) is 0 Å². The Bertz CT molecular complexity index is 461. The Hall–Kier alpha value is -1.71. The van der Waals surface area contributed by atoms with Crippen LogP contribution in [0.2, 0.25) is 0 Å². The molecule has 0 aliphatic heterocycles. The molecule has 1 aromatic carbocycles. The number of aromatic nitrogens is 3. The molecule has 2 aromatic rings. The molecule has 4 nitrogen and oxygen atoms in total. The number of carbonyl (C=O) groups is 1. The highest BCUT2D eigenvalue weighted by atomic mass is 16.1. The van der Waals surface area contributed by atoms with Gasteiger partial charge in [0.15, 0.2) is 0 Å². The Kier molecular flexibility index (Phi) is 2.26. The van der Waals surface area contributed by atoms with Gasteiger partial charge in [0.1, 0.15) is 11.3 Å². The maximum absolute atomic E-state index is 10.8. The van der Waals surface area contributed by atoms with Crippen molar-refractivity contribution in [2.45, 2.75) is 19.9 Å². The van der Waals surface area contributed by atoms with Gasteiger partial charge in [-0.2, -0.15) is 0 Å². The molecule has 4 heteroatoms. The molecule has 14 heavy (non-hydrogen) atoms. The molecule has 0 radical (unpaired) electrons. The summed E-state index contributed by atoms with van der Waals surface area (Å²) < 4.78 is 1.76. The van der Waals surface area contributed by atoms with Crippen LogP contribution in [0.15, 0.2) is 24.3 Å². The van der Waals surface area contributed by atoms with E-state index in [1.807, 2.05) is 24.3 Å². The van der Waals surface area contributed by atoms with Crippen LogP contribution in [0, 0.1) is 0 Å². The molecule has 0 atom stereocenters. The molecule has 0 bridgehead atoms. The summed E-state index contributed by atoms with van der Waals surface area (Å²) in [6.07, 6.45) is 0.507. The fourth-order valence-corrected chi connectivity index (χ4v) is 1.35. The number of ketones is 1. The molecule has 0 amide bonds. The summed E-state index contributed by atoms with van der Waals surface area (Å²) in [5, 5.41) is 7.98. The molecule has 0 N–H and O–H groups in total. The van der Waals surface area contributed by atoms with Crippen LogP contribution in [0.25, 0.3) is 11.0 Å². The van der Waals surface area contributed by atoms with Gasteiger partial charge in [0.05, 0.1) is 12.1 Å². The van der Waals surface area contributed by atoms with Crippen molar-refractivity contribution in [3.63, 3.8) is 0 Å². The molecule has 2 rings (SSSR count). The van der Waals surface area contributed by atoms with E-state index in [-0.39, 0.29) is 5.78 Å². The average Bonchev–Trinajstić information content (AvgIpc) is 2.58. The fourth-order valence-electron chi connectivity index (χ4n) is 1.35. The van der Waals surface area contributed by atoms with E-state index in [2.05, 4.69) is 10.3 Å². The summed E-state index contributed by atoms with van der Waals surface area (Å²) in [5.41, 5.74) is 1.85. The van der Waals surface area contributed by atoms with Crippen LogP contribution in [0.4, 0.5) is 0 Å². The van der Waals surface area contributed by atoms with Crippen molar-refractivity contribution < 1.29 is 4.79 Å². The lowest BCUT2D eigenvalue weighted by atomic mass is 10.3. The van der Waals surface area contributed by atoms with Gasteiger partial charge in [-0.15, -0.1) is 5.10 Å². The number of nitrogens with zero attached hydrogens (tertiary/aromatic N) is 3. The van der Waals surface area contributed by atoms with Gasteiger partial charge in [-0.3, -0.25) is 4.79 Å². The number of benzene rings is 1. The number of carbonyl (C=O) groups excluding carboxylic acids is 1. The van der Waals surface area contributed by atoms with Crippen LogP contribution < -0.4 is 0 Å². The van der Waals surface area contributed by atoms with Gasteiger partial charge in [-0.25, -0.2) is 4.68 Å². The highest BCUT2D eigenvalue weighted by molar-refractivity contribution is 5.76. The van der Waals surface area contributed by atoms with Crippen molar-refractivity contribution in [1.82, 2.24) is 15.0 Å². The van der Waals surface area contributed by atoms with E-state index < -0.39 is 0 Å². The lowest BCUT2D eigenvalue weighted by Gasteiger charge is -1.98. The number of hydrogen-bond acceptors (Lipinski definition) is 3. The molecule has 0 aliphatic carbocycles. The summed E-state index contributed by atoms with van der Waals surface area (Å²) in [5.74, 6) is 0.171. The van der Waals surface area contributed by atoms with Crippen LogP contribution in [0.3, 0.4) is 0 Å². The standard InChI is InChI=1S/C10H11N3O/c1-8(14)6-7-13-10-5-3-2-4-9(10)11-12-13/h2-5H,6-7H2,1H3. The first-order valence-electron chi connectivity index (χ1n) is 4.55. The zero-order valence-electron chi connectivity index (χ0n) is 7.97. The summed E-state index contributed by atoms with van der Waals surface area (Å²) in [6, 6.07) is 7.73. The molecular formula is C10H11N3O. The average molecular weight is 189 g/mol. The molecule has 0 unspecified atom stereocenters. The Morgan fingerprint density at radius 2 is 2.21 bits per heavy atom. The Balaban J connectivity index is 2.29. The predicted octanol–water partition coefficient (Wildman–Crippen LogP) is 1.41.